The molecule has 1 amide bonds. The molecule has 0 unspecified atom stereocenters. The van der Waals surface area contributed by atoms with Crippen LogP contribution in [0.3, 0.4) is 0 Å². The van der Waals surface area contributed by atoms with Crippen molar-refractivity contribution in [2.75, 3.05) is 5.32 Å². The summed E-state index contributed by atoms with van der Waals surface area (Å²) in [4.78, 5) is 23.9. The standard InChI is InChI=1S/C24H20N4O3/c1-16-15-20(28(30)31)13-14-21(16)25-24(29)22-17(2)27(19-11-7-4-8-12-19)26-23(22)18-9-5-3-6-10-18/h3-15H,1-2H3,(H,25,29). The number of nitro benzene ring substituents is 1. The van der Waals surface area contributed by atoms with Gasteiger partial charge in [0.15, 0.2) is 0 Å². The lowest BCUT2D eigenvalue weighted by Gasteiger charge is -2.10. The van der Waals surface area contributed by atoms with Gasteiger partial charge in [0.1, 0.15) is 5.69 Å². The molecule has 7 heteroatoms. The molecule has 31 heavy (non-hydrogen) atoms. The molecule has 0 spiro atoms. The Hall–Kier alpha value is -4.26. The number of anilines is 1. The zero-order valence-corrected chi connectivity index (χ0v) is 17.1. The summed E-state index contributed by atoms with van der Waals surface area (Å²) < 4.78 is 1.75. The molecule has 1 aromatic heterocycles. The number of nitro groups is 1. The summed E-state index contributed by atoms with van der Waals surface area (Å²) in [6.07, 6.45) is 0. The molecule has 4 rings (SSSR count). The number of carbonyl (C=O) groups is 1. The minimum absolute atomic E-state index is 0.0199. The summed E-state index contributed by atoms with van der Waals surface area (Å²) in [6, 6.07) is 23.5. The molecule has 0 fully saturated rings. The van der Waals surface area contributed by atoms with Gasteiger partial charge in [-0.15, -0.1) is 0 Å². The maximum absolute atomic E-state index is 13.3. The van der Waals surface area contributed by atoms with E-state index in [2.05, 4.69) is 5.32 Å². The number of rotatable bonds is 5. The van der Waals surface area contributed by atoms with Gasteiger partial charge in [-0.05, 0) is 37.6 Å². The van der Waals surface area contributed by atoms with Crippen molar-refractivity contribution in [2.45, 2.75) is 13.8 Å². The van der Waals surface area contributed by atoms with Crippen LogP contribution in [-0.2, 0) is 0 Å². The number of benzene rings is 3. The van der Waals surface area contributed by atoms with E-state index in [1.807, 2.05) is 67.6 Å². The van der Waals surface area contributed by atoms with Gasteiger partial charge in [0.05, 0.1) is 21.9 Å². The second-order valence-electron chi connectivity index (χ2n) is 7.13. The summed E-state index contributed by atoms with van der Waals surface area (Å²) in [5, 5.41) is 18.6. The van der Waals surface area contributed by atoms with E-state index in [1.165, 1.54) is 12.1 Å². The van der Waals surface area contributed by atoms with Gasteiger partial charge in [0, 0.05) is 23.4 Å². The average molecular weight is 412 g/mol. The Morgan fingerprint density at radius 2 is 1.61 bits per heavy atom. The van der Waals surface area contributed by atoms with Crippen molar-refractivity contribution >= 4 is 17.3 Å². The van der Waals surface area contributed by atoms with Gasteiger partial charge in [0.2, 0.25) is 0 Å². The Labute approximate surface area is 179 Å². The zero-order chi connectivity index (χ0) is 22.0. The fraction of sp³-hybridized carbons (Fsp3) is 0.0833. The molecule has 1 heterocycles. The van der Waals surface area contributed by atoms with Crippen LogP contribution in [0, 0.1) is 24.0 Å². The van der Waals surface area contributed by atoms with Gasteiger partial charge in [-0.3, -0.25) is 14.9 Å². The first kappa shape index (κ1) is 20.0. The van der Waals surface area contributed by atoms with Gasteiger partial charge < -0.3 is 5.32 Å². The van der Waals surface area contributed by atoms with Crippen LogP contribution < -0.4 is 5.32 Å². The topological polar surface area (TPSA) is 90.1 Å². The van der Waals surface area contributed by atoms with Crippen LogP contribution in [0.1, 0.15) is 21.6 Å². The fourth-order valence-corrected chi connectivity index (χ4v) is 3.48. The summed E-state index contributed by atoms with van der Waals surface area (Å²) in [7, 11) is 0. The highest BCUT2D eigenvalue weighted by Gasteiger charge is 2.24. The number of hydrogen-bond donors (Lipinski definition) is 1. The molecule has 0 saturated heterocycles. The fourth-order valence-electron chi connectivity index (χ4n) is 3.48. The summed E-state index contributed by atoms with van der Waals surface area (Å²) in [6.45, 7) is 3.57. The maximum atomic E-state index is 13.3. The van der Waals surface area contributed by atoms with E-state index in [4.69, 9.17) is 5.10 Å². The molecular weight excluding hydrogens is 392 g/mol. The van der Waals surface area contributed by atoms with E-state index in [1.54, 1.807) is 17.7 Å². The van der Waals surface area contributed by atoms with Crippen molar-refractivity contribution in [3.8, 4) is 16.9 Å². The van der Waals surface area contributed by atoms with Crippen LogP contribution in [0.25, 0.3) is 16.9 Å². The molecule has 7 nitrogen and oxygen atoms in total. The number of aromatic nitrogens is 2. The predicted molar refractivity (Wildman–Crippen MR) is 120 cm³/mol. The summed E-state index contributed by atoms with van der Waals surface area (Å²) in [5.41, 5.74) is 4.49. The van der Waals surface area contributed by atoms with Crippen LogP contribution in [0.4, 0.5) is 11.4 Å². The quantitative estimate of drug-likeness (QED) is 0.355. The normalized spacial score (nSPS) is 10.6. The third kappa shape index (κ3) is 3.93. The third-order valence-corrected chi connectivity index (χ3v) is 5.06. The van der Waals surface area contributed by atoms with Crippen LogP contribution in [-0.4, -0.2) is 20.6 Å². The molecule has 0 bridgehead atoms. The lowest BCUT2D eigenvalue weighted by Crippen LogP contribution is -2.15. The number of nitrogens with zero attached hydrogens (tertiary/aromatic N) is 3. The SMILES string of the molecule is Cc1cc([N+](=O)[O-])ccc1NC(=O)c1c(-c2ccccc2)nn(-c2ccccc2)c1C. The van der Waals surface area contributed by atoms with E-state index < -0.39 is 4.92 Å². The Morgan fingerprint density at radius 3 is 2.23 bits per heavy atom. The summed E-state index contributed by atoms with van der Waals surface area (Å²) in [5.74, 6) is -0.324. The van der Waals surface area contributed by atoms with Crippen LogP contribution >= 0.6 is 0 Å². The highest BCUT2D eigenvalue weighted by atomic mass is 16.6. The minimum atomic E-state index is -0.458. The lowest BCUT2D eigenvalue weighted by molar-refractivity contribution is -0.384. The van der Waals surface area contributed by atoms with Crippen LogP contribution in [0.15, 0.2) is 78.9 Å². The number of para-hydroxylation sites is 1. The van der Waals surface area contributed by atoms with Crippen molar-refractivity contribution in [1.29, 1.82) is 0 Å². The van der Waals surface area contributed by atoms with Crippen molar-refractivity contribution < 1.29 is 9.72 Å². The van der Waals surface area contributed by atoms with Crippen molar-refractivity contribution in [2.24, 2.45) is 0 Å². The van der Waals surface area contributed by atoms with E-state index in [0.29, 0.717) is 28.2 Å². The van der Waals surface area contributed by atoms with Crippen molar-refractivity contribution in [3.63, 3.8) is 0 Å². The van der Waals surface area contributed by atoms with Gasteiger partial charge in [-0.1, -0.05) is 48.5 Å². The zero-order valence-electron chi connectivity index (χ0n) is 17.1. The number of aryl methyl sites for hydroxylation is 1. The lowest BCUT2D eigenvalue weighted by atomic mass is 10.0. The van der Waals surface area contributed by atoms with Gasteiger partial charge >= 0.3 is 0 Å². The number of non-ortho nitro benzene ring substituents is 1. The monoisotopic (exact) mass is 412 g/mol. The first-order valence-corrected chi connectivity index (χ1v) is 9.72. The highest BCUT2D eigenvalue weighted by Crippen LogP contribution is 2.29. The van der Waals surface area contributed by atoms with Crippen LogP contribution in [0.5, 0.6) is 0 Å². The minimum Gasteiger partial charge on any atom is -0.322 e. The Bertz CT molecular complexity index is 1260. The molecule has 154 valence electrons. The summed E-state index contributed by atoms with van der Waals surface area (Å²) >= 11 is 0. The first-order valence-electron chi connectivity index (χ1n) is 9.72. The van der Waals surface area contributed by atoms with E-state index >= 15 is 0 Å². The molecule has 0 atom stereocenters. The van der Waals surface area contributed by atoms with E-state index in [0.717, 1.165) is 11.3 Å². The predicted octanol–water partition coefficient (Wildman–Crippen LogP) is 5.32. The van der Waals surface area contributed by atoms with E-state index in [9.17, 15) is 14.9 Å². The Balaban J connectivity index is 1.79. The number of amides is 1. The largest absolute Gasteiger partial charge is 0.322 e. The molecule has 4 aromatic rings. The number of nitrogens with one attached hydrogen (secondary N) is 1. The van der Waals surface area contributed by atoms with Gasteiger partial charge in [-0.25, -0.2) is 4.68 Å². The van der Waals surface area contributed by atoms with E-state index in [-0.39, 0.29) is 11.6 Å². The number of carbonyl (C=O) groups excluding carboxylic acids is 1. The second-order valence-corrected chi connectivity index (χ2v) is 7.13. The molecule has 0 saturated carbocycles. The van der Waals surface area contributed by atoms with Crippen molar-refractivity contribution in [3.05, 3.63) is 106 Å². The van der Waals surface area contributed by atoms with Gasteiger partial charge in [0.25, 0.3) is 11.6 Å². The number of hydrogen-bond acceptors (Lipinski definition) is 4. The van der Waals surface area contributed by atoms with Crippen molar-refractivity contribution in [1.82, 2.24) is 9.78 Å². The molecule has 0 aliphatic rings. The molecule has 3 aromatic carbocycles. The molecular formula is C24H20N4O3. The Kier molecular flexibility index (Phi) is 5.32. The first-order chi connectivity index (χ1) is 15.0. The Morgan fingerprint density at radius 1 is 0.968 bits per heavy atom. The van der Waals surface area contributed by atoms with Gasteiger partial charge in [-0.2, -0.15) is 5.10 Å². The maximum Gasteiger partial charge on any atom is 0.269 e. The highest BCUT2D eigenvalue weighted by molar-refractivity contribution is 6.09. The molecule has 1 N–H and O–H groups in total. The molecule has 0 aliphatic carbocycles. The average Bonchev–Trinajstić information content (AvgIpc) is 3.13. The smallest absolute Gasteiger partial charge is 0.269 e. The van der Waals surface area contributed by atoms with Crippen LogP contribution in [0.2, 0.25) is 0 Å². The molecule has 0 radical (unpaired) electrons. The third-order valence-electron chi connectivity index (χ3n) is 5.06. The second kappa shape index (κ2) is 8.23. The molecule has 0 aliphatic heterocycles.